The molecule has 0 saturated carbocycles. The first kappa shape index (κ1) is 143. The molecule has 0 aliphatic carbocycles. The molecule has 39 heteroatoms. The Morgan fingerprint density at radius 1 is 0.325 bits per heavy atom. The normalized spacial score (nSPS) is 16.5. The molecular weight excluding hydrogens is 1940 g/mol. The molecule has 1 saturated heterocycles. The molecule has 123 heavy (non-hydrogen) atoms. The van der Waals surface area contributed by atoms with E-state index in [-0.39, 0.29) is 9.76 Å². The van der Waals surface area contributed by atoms with Crippen molar-refractivity contribution in [1.29, 1.82) is 0 Å². The highest BCUT2D eigenvalue weighted by atomic mass is 28.5. The minimum Gasteiger partial charge on any atom is -0.466 e. The second-order valence-corrected chi connectivity index (χ2v) is 155. The second-order valence-electron chi connectivity index (χ2n) is 55.6. The molecule has 0 aromatic rings. The van der Waals surface area contributed by atoms with Crippen molar-refractivity contribution in [2.75, 3.05) is 0 Å². The van der Waals surface area contributed by atoms with Gasteiger partial charge >= 0.3 is 60.2 Å². The van der Waals surface area contributed by atoms with Crippen molar-refractivity contribution >= 4 is 214 Å². The van der Waals surface area contributed by atoms with Gasteiger partial charge in [-0.3, -0.25) is 0 Å². The third-order valence-electron chi connectivity index (χ3n) is 15.8. The van der Waals surface area contributed by atoms with Crippen molar-refractivity contribution in [3.8, 4) is 0 Å². The van der Waals surface area contributed by atoms with Gasteiger partial charge in [0.05, 0.1) is 0 Å². The Balaban J connectivity index is -0.000000206. The first-order valence-corrected chi connectivity index (χ1v) is 123. The Bertz CT molecular complexity index is 2530. The molecule has 1 aliphatic rings. The lowest BCUT2D eigenvalue weighted by Gasteiger charge is -2.47. The standard InChI is InChI=1S/C14H36Si3.C13H36O3Si4.C12H32O2Si3.C11H30O4Si4.C11H30O2Si3.C10H26Si2.C8H22OSi2.C3H12OSi2.C2H10OSi2/c1-14(11-15(2,3)4,12-16(5,6)7)13-17(8,9)10;1-13(2)12-20(14-17(3,4)5,15-18(6,7)8)16-19(9,10)11;1-12(2,3)11-16(7,8)14-17(9,10)13-15(4,5)6;1-11(2)10-19(9)14-17(5,6)12-16(3,4)13-18(7,8)15-19;1-11(2)10-16(9,12-14(3,4)5)13-15(6,7)8;1-10(8-11(2,3)4)9-12(5,6)7;1-8(2)7-11(5,6)9-10(3)4;1-5-4-6(2)3;1-5(2)3-4/h11-13H2,1-10H3;13H,12H2,1-11H3;11H2,1-10H3;11H,10H2,1-9H3;11H,10H2,1-9H3;10H,8-9H2,1-7H3;8,10H,7H2,1-6H3;6H,5H2,1-3H3;5H,1-2,4H3. The van der Waals surface area contributed by atoms with Gasteiger partial charge in [-0.25, -0.2) is 0 Å². The van der Waals surface area contributed by atoms with Gasteiger partial charge in [0.25, 0.3) is 0 Å². The third-order valence-corrected chi connectivity index (χ3v) is 89.0. The molecule has 0 spiro atoms. The molecule has 0 aromatic carbocycles. The van der Waals surface area contributed by atoms with E-state index in [1.807, 2.05) is 0 Å². The van der Waals surface area contributed by atoms with Crippen LogP contribution in [0.3, 0.4) is 0 Å². The molecule has 754 valence electrons. The fraction of sp³-hybridized carbons (Fsp3) is 1.00. The molecule has 0 amide bonds. The van der Waals surface area contributed by atoms with Crippen LogP contribution in [0.4, 0.5) is 0 Å². The average Bonchev–Trinajstić information content (AvgIpc) is 0.788. The van der Waals surface area contributed by atoms with E-state index in [1.54, 1.807) is 0 Å². The van der Waals surface area contributed by atoms with E-state index in [9.17, 15) is 0 Å². The van der Waals surface area contributed by atoms with Crippen LogP contribution >= 0.6 is 0 Å². The van der Waals surface area contributed by atoms with Gasteiger partial charge in [0.1, 0.15) is 20.2 Å². The molecule has 1 fully saturated rings. The lowest BCUT2D eigenvalue weighted by molar-refractivity contribution is 0.231. The highest BCUT2D eigenvalue weighted by molar-refractivity contribution is 6.94. The highest BCUT2D eigenvalue weighted by Crippen LogP contribution is 2.44. The van der Waals surface area contributed by atoms with Crippen LogP contribution in [0, 0.1) is 40.4 Å². The van der Waals surface area contributed by atoms with Crippen LogP contribution in [0.25, 0.3) is 0 Å². The molecule has 0 unspecified atom stereocenters. The summed E-state index contributed by atoms with van der Waals surface area (Å²) in [4.78, 5) is 0. The van der Waals surface area contributed by atoms with Gasteiger partial charge < -0.3 is 57.6 Å². The molecule has 0 aromatic heterocycles. The average molecular weight is 2170 g/mol. The van der Waals surface area contributed by atoms with Gasteiger partial charge in [0.15, 0.2) is 93.7 Å². The van der Waals surface area contributed by atoms with Crippen LogP contribution < -0.4 is 0 Å². The van der Waals surface area contributed by atoms with E-state index in [0.717, 1.165) is 40.5 Å². The summed E-state index contributed by atoms with van der Waals surface area (Å²) in [6, 6.07) is 13.1. The maximum Gasteiger partial charge on any atom is 0.469 e. The highest BCUT2D eigenvalue weighted by Gasteiger charge is 2.54. The van der Waals surface area contributed by atoms with Gasteiger partial charge in [-0.15, -0.1) is 0 Å². The largest absolute Gasteiger partial charge is 0.469 e. The number of hydrogen-bond acceptors (Lipinski definition) is 14. The smallest absolute Gasteiger partial charge is 0.466 e. The summed E-state index contributed by atoms with van der Waals surface area (Å²) in [5.74, 6) is 3.53. The summed E-state index contributed by atoms with van der Waals surface area (Å²) in [7, 11) is -33.3. The van der Waals surface area contributed by atoms with E-state index < -0.39 is 194 Å². The molecule has 0 atom stereocenters. The van der Waals surface area contributed by atoms with Crippen LogP contribution in [0.15, 0.2) is 0 Å². The van der Waals surface area contributed by atoms with Crippen molar-refractivity contribution in [2.45, 2.75) is 504 Å². The van der Waals surface area contributed by atoms with Crippen molar-refractivity contribution in [3.63, 3.8) is 0 Å². The Hall–Kier alpha value is 4.86. The first-order chi connectivity index (χ1) is 52.8. The zero-order valence-electron chi connectivity index (χ0n) is 97.1. The van der Waals surface area contributed by atoms with Crippen LogP contribution in [0.2, 0.25) is 414 Å². The third kappa shape index (κ3) is 109. The Morgan fingerprint density at radius 3 is 0.797 bits per heavy atom. The molecular formula is C84H234O14Si25. The summed E-state index contributed by atoms with van der Waals surface area (Å²) in [5.41, 5.74) is 0.985. The zero-order chi connectivity index (χ0) is 101. The second kappa shape index (κ2) is 58.2. The summed E-state index contributed by atoms with van der Waals surface area (Å²) in [5, 5.41) is 0. The van der Waals surface area contributed by atoms with Crippen LogP contribution in [-0.2, 0) is 57.6 Å². The molecule has 1 aliphatic heterocycles. The van der Waals surface area contributed by atoms with Crippen molar-refractivity contribution in [3.05, 3.63) is 0 Å². The van der Waals surface area contributed by atoms with Gasteiger partial charge in [-0.05, 0) is 313 Å². The minimum atomic E-state index is -2.58. The SMILES string of the molecule is CC(C)(C)C[Si](C)(C)O[Si](C)(C)O[Si](C)(C)C.CC(C)C[Si](C)(C)O[SiH](C)C.CC(C)C[Si](C)(O[Si](C)(C)C)O[Si](C)(C)C.CC(C)C[Si](O[Si](C)(C)C)(O[Si](C)(C)C)O[Si](C)(C)C.CC(C)C[Si]1(C)O[Si](C)(C)O[Si](C)(C)O[Si](C)(C)O1.CC(C[Si](C)(C)C)(C[Si](C)(C)C)C[Si](C)(C)C.CC(C[Si](C)(C)C)C[Si](C)(C)C.C[SiH2]O[SiH](C)C.C[SiH](C)O[SiH3]. The molecule has 1 heterocycles. The summed E-state index contributed by atoms with van der Waals surface area (Å²) < 4.78 is 87.2. The summed E-state index contributed by atoms with van der Waals surface area (Å²) >= 11 is 0. The van der Waals surface area contributed by atoms with Crippen molar-refractivity contribution in [1.82, 2.24) is 0 Å². The maximum absolute atomic E-state index is 6.59. The monoisotopic (exact) mass is 2170 g/mol. The quantitative estimate of drug-likeness (QED) is 0.0544. The maximum atomic E-state index is 6.59. The van der Waals surface area contributed by atoms with Crippen LogP contribution in [-0.4, -0.2) is 214 Å². The van der Waals surface area contributed by atoms with E-state index in [2.05, 4.69) is 444 Å². The topological polar surface area (TPSA) is 129 Å². The Labute approximate surface area is 808 Å². The van der Waals surface area contributed by atoms with E-state index >= 15 is 0 Å². The first-order valence-electron chi connectivity index (χ1n) is 48.4. The molecule has 1 rings (SSSR count). The lowest BCUT2D eigenvalue weighted by Crippen LogP contribution is -2.65. The number of hydrogen-bond donors (Lipinski definition) is 0. The van der Waals surface area contributed by atoms with E-state index in [0.29, 0.717) is 28.6 Å². The Kier molecular flexibility index (Phi) is 67.7. The molecule has 0 N–H and O–H groups in total. The predicted molar refractivity (Wildman–Crippen MR) is 631 cm³/mol. The van der Waals surface area contributed by atoms with Gasteiger partial charge in [0, 0.05) is 46.4 Å². The molecule has 0 bridgehead atoms. The Morgan fingerprint density at radius 2 is 0.602 bits per heavy atom. The molecule has 14 nitrogen and oxygen atoms in total. The van der Waals surface area contributed by atoms with Gasteiger partial charge in [-0.1, -0.05) is 225 Å². The summed E-state index contributed by atoms with van der Waals surface area (Å²) in [6.07, 6.45) is 0. The van der Waals surface area contributed by atoms with Crippen molar-refractivity contribution in [2.24, 2.45) is 40.4 Å². The molecule has 0 radical (unpaired) electrons. The van der Waals surface area contributed by atoms with E-state index in [1.165, 1.54) is 42.3 Å². The number of rotatable bonds is 38. The fourth-order valence-corrected chi connectivity index (χ4v) is 107. The van der Waals surface area contributed by atoms with Gasteiger partial charge in [0.2, 0.25) is 0 Å². The van der Waals surface area contributed by atoms with E-state index in [4.69, 9.17) is 57.6 Å². The van der Waals surface area contributed by atoms with Crippen LogP contribution in [0.1, 0.15) is 90.0 Å². The van der Waals surface area contributed by atoms with Crippen molar-refractivity contribution < 1.29 is 57.6 Å². The predicted octanol–water partition coefficient (Wildman–Crippen LogP) is 30.8. The fourth-order valence-electron chi connectivity index (χ4n) is 18.3. The summed E-state index contributed by atoms with van der Waals surface area (Å²) in [6.45, 7) is 154. The van der Waals surface area contributed by atoms with Crippen LogP contribution in [0.5, 0.6) is 0 Å². The van der Waals surface area contributed by atoms with Gasteiger partial charge in [-0.2, -0.15) is 0 Å². The lowest BCUT2D eigenvalue weighted by atomic mass is 9.99. The minimum absolute atomic E-state index is 0.0718. The zero-order valence-corrected chi connectivity index (χ0v) is 124.